The van der Waals surface area contributed by atoms with E-state index in [4.69, 9.17) is 10.5 Å². The third-order valence-corrected chi connectivity index (χ3v) is 5.10. The van der Waals surface area contributed by atoms with E-state index in [1.165, 1.54) is 5.56 Å². The lowest BCUT2D eigenvalue weighted by molar-refractivity contribution is 0.307. The molecule has 0 heterocycles. The molecule has 1 aliphatic carbocycles. The lowest BCUT2D eigenvalue weighted by Gasteiger charge is -2.08. The zero-order valence-corrected chi connectivity index (χ0v) is 12.7. The van der Waals surface area contributed by atoms with Crippen molar-refractivity contribution >= 4 is 0 Å². The average Bonchev–Trinajstić information content (AvgIpc) is 2.77. The van der Waals surface area contributed by atoms with E-state index in [1.807, 2.05) is 0 Å². The molecule has 0 bridgehead atoms. The minimum Gasteiger partial charge on any atom is -0.494 e. The number of hydrogen-bond acceptors (Lipinski definition) is 2. The van der Waals surface area contributed by atoms with E-state index in [-0.39, 0.29) is 0 Å². The largest absolute Gasteiger partial charge is 0.494 e. The Hall–Kier alpha value is -1.02. The van der Waals surface area contributed by atoms with Crippen LogP contribution in [0.15, 0.2) is 24.3 Å². The number of benzene rings is 1. The maximum atomic E-state index is 5.71. The van der Waals surface area contributed by atoms with Crippen molar-refractivity contribution in [2.45, 2.75) is 46.5 Å². The summed E-state index contributed by atoms with van der Waals surface area (Å²) in [4.78, 5) is 0. The molecule has 1 fully saturated rings. The fourth-order valence-corrected chi connectivity index (χ4v) is 3.22. The van der Waals surface area contributed by atoms with Crippen LogP contribution in [-0.4, -0.2) is 13.2 Å². The predicted octanol–water partition coefficient (Wildman–Crippen LogP) is 3.95. The molecular formula is C17H27NO. The van der Waals surface area contributed by atoms with Gasteiger partial charge >= 0.3 is 0 Å². The fourth-order valence-electron chi connectivity index (χ4n) is 3.22. The van der Waals surface area contributed by atoms with Crippen LogP contribution in [0.25, 0.3) is 0 Å². The maximum absolute atomic E-state index is 5.71. The van der Waals surface area contributed by atoms with Crippen LogP contribution in [0.5, 0.6) is 5.75 Å². The molecule has 0 unspecified atom stereocenters. The number of rotatable bonds is 6. The molecule has 2 N–H and O–H groups in total. The first-order chi connectivity index (χ1) is 8.91. The average molecular weight is 261 g/mol. The van der Waals surface area contributed by atoms with Crippen molar-refractivity contribution in [3.63, 3.8) is 0 Å². The molecular weight excluding hydrogens is 234 g/mol. The molecule has 19 heavy (non-hydrogen) atoms. The van der Waals surface area contributed by atoms with Crippen molar-refractivity contribution in [3.05, 3.63) is 29.8 Å². The van der Waals surface area contributed by atoms with E-state index >= 15 is 0 Å². The van der Waals surface area contributed by atoms with Crippen molar-refractivity contribution in [1.29, 1.82) is 0 Å². The van der Waals surface area contributed by atoms with Gasteiger partial charge in [0.1, 0.15) is 5.75 Å². The third-order valence-electron chi connectivity index (χ3n) is 5.10. The highest BCUT2D eigenvalue weighted by Gasteiger charge is 2.64. The first-order valence-corrected chi connectivity index (χ1v) is 7.34. The highest BCUT2D eigenvalue weighted by Crippen LogP contribution is 2.73. The van der Waals surface area contributed by atoms with Gasteiger partial charge in [0, 0.05) is 0 Å². The van der Waals surface area contributed by atoms with Gasteiger partial charge in [0.25, 0.3) is 0 Å². The SMILES string of the molecule is CC1(C)C(c2ccc(OCCCCN)cc2)C1(C)C. The minimum atomic E-state index is 0.399. The van der Waals surface area contributed by atoms with Gasteiger partial charge in [-0.25, -0.2) is 0 Å². The smallest absolute Gasteiger partial charge is 0.119 e. The molecule has 1 aliphatic rings. The zero-order chi connectivity index (χ0) is 14.1. The summed E-state index contributed by atoms with van der Waals surface area (Å²) < 4.78 is 5.71. The second-order valence-electron chi connectivity index (χ2n) is 6.79. The quantitative estimate of drug-likeness (QED) is 0.787. The number of nitrogens with two attached hydrogens (primary N) is 1. The summed E-state index contributed by atoms with van der Waals surface area (Å²) in [5.74, 6) is 1.63. The summed E-state index contributed by atoms with van der Waals surface area (Å²) in [6, 6.07) is 8.64. The summed E-state index contributed by atoms with van der Waals surface area (Å²) in [6.45, 7) is 10.9. The number of unbranched alkanes of at least 4 members (excludes halogenated alkanes) is 1. The Morgan fingerprint density at radius 1 is 1.00 bits per heavy atom. The Kier molecular flexibility index (Phi) is 3.91. The lowest BCUT2D eigenvalue weighted by Crippen LogP contribution is -2.03. The first-order valence-electron chi connectivity index (χ1n) is 7.34. The van der Waals surface area contributed by atoms with Gasteiger partial charge < -0.3 is 10.5 Å². The summed E-state index contributed by atoms with van der Waals surface area (Å²) in [5, 5.41) is 0. The topological polar surface area (TPSA) is 35.2 Å². The fraction of sp³-hybridized carbons (Fsp3) is 0.647. The molecule has 0 atom stereocenters. The molecule has 1 saturated carbocycles. The summed E-state index contributed by atoms with van der Waals surface area (Å²) in [7, 11) is 0. The van der Waals surface area contributed by atoms with E-state index < -0.39 is 0 Å². The Morgan fingerprint density at radius 3 is 2.05 bits per heavy atom. The molecule has 2 nitrogen and oxygen atoms in total. The molecule has 1 aromatic rings. The Balaban J connectivity index is 1.93. The Bertz CT molecular complexity index is 405. The van der Waals surface area contributed by atoms with Crippen LogP contribution in [-0.2, 0) is 0 Å². The normalized spacial score (nSPS) is 20.3. The van der Waals surface area contributed by atoms with Gasteiger partial charge in [0.15, 0.2) is 0 Å². The van der Waals surface area contributed by atoms with E-state index in [0.717, 1.165) is 31.7 Å². The molecule has 0 aliphatic heterocycles. The molecule has 1 aromatic carbocycles. The third kappa shape index (κ3) is 2.64. The molecule has 2 heteroatoms. The van der Waals surface area contributed by atoms with Crippen molar-refractivity contribution in [2.24, 2.45) is 16.6 Å². The van der Waals surface area contributed by atoms with Gasteiger partial charge in [-0.05, 0) is 53.8 Å². The van der Waals surface area contributed by atoms with Crippen molar-refractivity contribution in [3.8, 4) is 5.75 Å². The van der Waals surface area contributed by atoms with Crippen molar-refractivity contribution in [2.75, 3.05) is 13.2 Å². The van der Waals surface area contributed by atoms with E-state index in [2.05, 4.69) is 52.0 Å². The van der Waals surface area contributed by atoms with Gasteiger partial charge in [-0.2, -0.15) is 0 Å². The van der Waals surface area contributed by atoms with Gasteiger partial charge in [0.2, 0.25) is 0 Å². The van der Waals surface area contributed by atoms with E-state index in [0.29, 0.717) is 16.7 Å². The highest BCUT2D eigenvalue weighted by molar-refractivity contribution is 5.38. The van der Waals surface area contributed by atoms with Gasteiger partial charge in [-0.15, -0.1) is 0 Å². The van der Waals surface area contributed by atoms with Crippen LogP contribution in [0.1, 0.15) is 52.0 Å². The van der Waals surface area contributed by atoms with Crippen LogP contribution in [0.4, 0.5) is 0 Å². The molecule has 0 amide bonds. The van der Waals surface area contributed by atoms with Crippen LogP contribution in [0.3, 0.4) is 0 Å². The summed E-state index contributed by atoms with van der Waals surface area (Å²) in [6.07, 6.45) is 2.06. The van der Waals surface area contributed by atoms with Crippen LogP contribution >= 0.6 is 0 Å². The maximum Gasteiger partial charge on any atom is 0.119 e. The van der Waals surface area contributed by atoms with Crippen molar-refractivity contribution < 1.29 is 4.74 Å². The molecule has 0 radical (unpaired) electrons. The second kappa shape index (κ2) is 5.16. The Morgan fingerprint density at radius 2 is 1.58 bits per heavy atom. The molecule has 0 saturated heterocycles. The first kappa shape index (κ1) is 14.4. The monoisotopic (exact) mass is 261 g/mol. The molecule has 0 aromatic heterocycles. The Labute approximate surface area is 117 Å². The van der Waals surface area contributed by atoms with Crippen LogP contribution in [0, 0.1) is 10.8 Å². The van der Waals surface area contributed by atoms with Gasteiger partial charge in [-0.3, -0.25) is 0 Å². The number of hydrogen-bond donors (Lipinski definition) is 1. The number of ether oxygens (including phenoxy) is 1. The van der Waals surface area contributed by atoms with Crippen LogP contribution < -0.4 is 10.5 Å². The van der Waals surface area contributed by atoms with Crippen LogP contribution in [0.2, 0.25) is 0 Å². The van der Waals surface area contributed by atoms with E-state index in [1.54, 1.807) is 0 Å². The molecule has 106 valence electrons. The second-order valence-corrected chi connectivity index (χ2v) is 6.79. The van der Waals surface area contributed by atoms with Gasteiger partial charge in [-0.1, -0.05) is 39.8 Å². The summed E-state index contributed by atoms with van der Waals surface area (Å²) in [5.41, 5.74) is 7.70. The molecule has 0 spiro atoms. The molecule has 2 rings (SSSR count). The lowest BCUT2D eigenvalue weighted by atomic mass is 10.0. The van der Waals surface area contributed by atoms with Gasteiger partial charge in [0.05, 0.1) is 6.61 Å². The highest BCUT2D eigenvalue weighted by atomic mass is 16.5. The van der Waals surface area contributed by atoms with E-state index in [9.17, 15) is 0 Å². The summed E-state index contributed by atoms with van der Waals surface area (Å²) >= 11 is 0. The predicted molar refractivity (Wildman–Crippen MR) is 80.5 cm³/mol. The van der Waals surface area contributed by atoms with Crippen molar-refractivity contribution in [1.82, 2.24) is 0 Å². The minimum absolute atomic E-state index is 0.399. The zero-order valence-electron chi connectivity index (χ0n) is 12.7. The standard InChI is InChI=1S/C17H27NO/c1-16(2)15(17(16,3)4)13-7-9-14(10-8-13)19-12-6-5-11-18/h7-10,15H,5-6,11-12,18H2,1-4H3.